The maximum absolute atomic E-state index is 3.87. The first-order chi connectivity index (χ1) is 16.1. The second-order valence-electron chi connectivity index (χ2n) is 11.2. The molecule has 0 amide bonds. The van der Waals surface area contributed by atoms with Gasteiger partial charge in [-0.3, -0.25) is 0 Å². The summed E-state index contributed by atoms with van der Waals surface area (Å²) in [5, 5.41) is 1.17. The van der Waals surface area contributed by atoms with Gasteiger partial charge in [0.05, 0.1) is 31.5 Å². The minimum atomic E-state index is 0.803. The highest BCUT2D eigenvalue weighted by atomic mass is 79.9. The highest BCUT2D eigenvalue weighted by Gasteiger charge is 2.29. The van der Waals surface area contributed by atoms with Crippen LogP contribution in [0, 0.1) is 0 Å². The summed E-state index contributed by atoms with van der Waals surface area (Å²) in [6, 6.07) is 0.803. The number of quaternary nitrogens is 1. The standard InChI is InChI=1S/C31H65BrN/c1-5-8-10-12-14-16-17-18-19-20-21-23-25-27-29-33(4,7-3)31(30-32)28-26-24-22-15-13-11-9-6-2/h31H,5-30H2,1-4H3/q+1. The molecule has 0 saturated carbocycles. The molecule has 1 nitrogen and oxygen atoms in total. The lowest BCUT2D eigenvalue weighted by Crippen LogP contribution is -2.53. The maximum Gasteiger partial charge on any atom is 0.0986 e. The lowest BCUT2D eigenvalue weighted by atomic mass is 10.0. The molecule has 0 rings (SSSR count). The van der Waals surface area contributed by atoms with E-state index in [0.717, 1.165) is 6.04 Å². The molecule has 0 heterocycles. The van der Waals surface area contributed by atoms with Crippen molar-refractivity contribution in [1.82, 2.24) is 0 Å². The van der Waals surface area contributed by atoms with Crippen LogP contribution < -0.4 is 0 Å². The predicted octanol–water partition coefficient (Wildman–Crippen LogP) is 11.2. The molecule has 0 aromatic rings. The Balaban J connectivity index is 3.73. The minimum Gasteiger partial charge on any atom is -0.323 e. The predicted molar refractivity (Wildman–Crippen MR) is 157 cm³/mol. The zero-order valence-corrected chi connectivity index (χ0v) is 25.4. The fourth-order valence-electron chi connectivity index (χ4n) is 5.34. The Morgan fingerprint density at radius 1 is 0.485 bits per heavy atom. The van der Waals surface area contributed by atoms with Gasteiger partial charge in [-0.25, -0.2) is 0 Å². The first kappa shape index (κ1) is 33.4. The third-order valence-corrected chi connectivity index (χ3v) is 8.94. The van der Waals surface area contributed by atoms with E-state index in [0.29, 0.717) is 0 Å². The normalized spacial score (nSPS) is 14.5. The van der Waals surface area contributed by atoms with Crippen LogP contribution in [0.4, 0.5) is 0 Å². The zero-order chi connectivity index (χ0) is 24.5. The van der Waals surface area contributed by atoms with E-state index >= 15 is 0 Å². The van der Waals surface area contributed by atoms with Crippen molar-refractivity contribution in [3.8, 4) is 0 Å². The molecule has 0 aromatic carbocycles. The number of hydrogen-bond acceptors (Lipinski definition) is 0. The van der Waals surface area contributed by atoms with Crippen LogP contribution in [0.3, 0.4) is 0 Å². The fourth-order valence-corrected chi connectivity index (χ4v) is 6.36. The molecule has 2 heteroatoms. The summed E-state index contributed by atoms with van der Waals surface area (Å²) in [6.45, 7) is 9.68. The quantitative estimate of drug-likeness (QED) is 0.0562. The van der Waals surface area contributed by atoms with Gasteiger partial charge in [0.1, 0.15) is 0 Å². The molecule has 0 aliphatic heterocycles. The molecule has 0 N–H and O–H groups in total. The molecule has 0 bridgehead atoms. The van der Waals surface area contributed by atoms with Gasteiger partial charge in [-0.1, -0.05) is 152 Å². The van der Waals surface area contributed by atoms with Gasteiger partial charge in [-0.2, -0.15) is 0 Å². The first-order valence-corrected chi connectivity index (χ1v) is 16.7. The fraction of sp³-hybridized carbons (Fsp3) is 1.00. The van der Waals surface area contributed by atoms with E-state index in [1.165, 1.54) is 171 Å². The molecular weight excluding hydrogens is 466 g/mol. The molecule has 33 heavy (non-hydrogen) atoms. The second-order valence-corrected chi connectivity index (χ2v) is 11.8. The monoisotopic (exact) mass is 530 g/mol. The summed E-state index contributed by atoms with van der Waals surface area (Å²) in [6.07, 6.45) is 33.2. The Morgan fingerprint density at radius 3 is 1.15 bits per heavy atom. The highest BCUT2D eigenvalue weighted by molar-refractivity contribution is 9.09. The Kier molecular flexibility index (Phi) is 25.9. The van der Waals surface area contributed by atoms with Gasteiger partial charge in [0.15, 0.2) is 0 Å². The third-order valence-electron chi connectivity index (χ3n) is 8.20. The lowest BCUT2D eigenvalue weighted by molar-refractivity contribution is -0.929. The van der Waals surface area contributed by atoms with Crippen LogP contribution in [0.5, 0.6) is 0 Å². The molecule has 0 aromatic heterocycles. The average molecular weight is 532 g/mol. The average Bonchev–Trinajstić information content (AvgIpc) is 2.83. The van der Waals surface area contributed by atoms with Gasteiger partial charge in [0.2, 0.25) is 0 Å². The number of hydrogen-bond donors (Lipinski definition) is 0. The number of nitrogens with zero attached hydrogens (tertiary/aromatic N) is 1. The van der Waals surface area contributed by atoms with Crippen molar-refractivity contribution >= 4 is 15.9 Å². The van der Waals surface area contributed by atoms with Crippen LogP contribution in [0.25, 0.3) is 0 Å². The van der Waals surface area contributed by atoms with E-state index in [-0.39, 0.29) is 0 Å². The van der Waals surface area contributed by atoms with Crippen LogP contribution in [-0.4, -0.2) is 36.0 Å². The van der Waals surface area contributed by atoms with Crippen molar-refractivity contribution in [1.29, 1.82) is 0 Å². The number of halogens is 1. The van der Waals surface area contributed by atoms with Gasteiger partial charge < -0.3 is 4.48 Å². The van der Waals surface area contributed by atoms with Gasteiger partial charge in [0, 0.05) is 6.42 Å². The molecule has 2 unspecified atom stereocenters. The van der Waals surface area contributed by atoms with Crippen molar-refractivity contribution in [2.45, 2.75) is 174 Å². The SMILES string of the molecule is CCCCCCCCCCCCCCCC[N+](C)(CC)C(CBr)CCCCCCCCCC. The minimum absolute atomic E-state index is 0.803. The van der Waals surface area contributed by atoms with Crippen LogP contribution in [0.1, 0.15) is 168 Å². The summed E-state index contributed by atoms with van der Waals surface area (Å²) in [5.41, 5.74) is 0. The summed E-state index contributed by atoms with van der Waals surface area (Å²) in [5.74, 6) is 0. The Hall–Kier alpha value is 0.440. The Morgan fingerprint density at radius 2 is 0.818 bits per heavy atom. The smallest absolute Gasteiger partial charge is 0.0986 e. The topological polar surface area (TPSA) is 0 Å². The molecule has 2 atom stereocenters. The Labute approximate surface area is 220 Å². The molecule has 0 aliphatic carbocycles. The van der Waals surface area contributed by atoms with E-state index in [1.54, 1.807) is 0 Å². The van der Waals surface area contributed by atoms with Gasteiger partial charge in [-0.15, -0.1) is 0 Å². The van der Waals surface area contributed by atoms with Crippen molar-refractivity contribution in [3.05, 3.63) is 0 Å². The van der Waals surface area contributed by atoms with E-state index in [1.807, 2.05) is 0 Å². The van der Waals surface area contributed by atoms with E-state index < -0.39 is 0 Å². The van der Waals surface area contributed by atoms with Crippen molar-refractivity contribution < 1.29 is 4.48 Å². The summed E-state index contributed by atoms with van der Waals surface area (Å²) < 4.78 is 1.28. The summed E-state index contributed by atoms with van der Waals surface area (Å²) >= 11 is 3.87. The second kappa shape index (κ2) is 25.5. The van der Waals surface area contributed by atoms with Crippen LogP contribution >= 0.6 is 15.9 Å². The van der Waals surface area contributed by atoms with Gasteiger partial charge in [-0.05, 0) is 26.2 Å². The van der Waals surface area contributed by atoms with Crippen molar-refractivity contribution in [2.24, 2.45) is 0 Å². The first-order valence-electron chi connectivity index (χ1n) is 15.5. The van der Waals surface area contributed by atoms with Crippen LogP contribution in [-0.2, 0) is 0 Å². The zero-order valence-electron chi connectivity index (χ0n) is 23.8. The van der Waals surface area contributed by atoms with Gasteiger partial charge in [0.25, 0.3) is 0 Å². The number of rotatable bonds is 27. The largest absolute Gasteiger partial charge is 0.323 e. The summed E-state index contributed by atoms with van der Waals surface area (Å²) in [7, 11) is 2.53. The molecule has 0 radical (unpaired) electrons. The molecule has 200 valence electrons. The molecular formula is C31H65BrN+. The lowest BCUT2D eigenvalue weighted by Gasteiger charge is -2.40. The van der Waals surface area contributed by atoms with Gasteiger partial charge >= 0.3 is 0 Å². The number of alkyl halides is 1. The van der Waals surface area contributed by atoms with E-state index in [9.17, 15) is 0 Å². The van der Waals surface area contributed by atoms with Crippen molar-refractivity contribution in [2.75, 3.05) is 25.5 Å². The number of unbranched alkanes of at least 4 members (excludes halogenated alkanes) is 20. The molecule has 0 fully saturated rings. The van der Waals surface area contributed by atoms with E-state index in [2.05, 4.69) is 43.7 Å². The molecule has 0 spiro atoms. The van der Waals surface area contributed by atoms with Crippen LogP contribution in [0.2, 0.25) is 0 Å². The maximum atomic E-state index is 3.87. The van der Waals surface area contributed by atoms with Crippen LogP contribution in [0.15, 0.2) is 0 Å². The highest BCUT2D eigenvalue weighted by Crippen LogP contribution is 2.22. The third kappa shape index (κ3) is 20.3. The summed E-state index contributed by atoms with van der Waals surface area (Å²) in [4.78, 5) is 0. The van der Waals surface area contributed by atoms with E-state index in [4.69, 9.17) is 0 Å². The van der Waals surface area contributed by atoms with Crippen molar-refractivity contribution in [3.63, 3.8) is 0 Å². The molecule has 0 saturated heterocycles. The Bertz CT molecular complexity index is 372. The molecule has 0 aliphatic rings.